The summed E-state index contributed by atoms with van der Waals surface area (Å²) in [6.45, 7) is 3.17. The number of nitrogens with one attached hydrogen (secondary N) is 1. The molecule has 0 unspecified atom stereocenters. The summed E-state index contributed by atoms with van der Waals surface area (Å²) >= 11 is 5.35. The lowest BCUT2D eigenvalue weighted by molar-refractivity contribution is -0.142. The predicted octanol–water partition coefficient (Wildman–Crippen LogP) is 1.85. The number of hydrogen-bond acceptors (Lipinski definition) is 3. The SMILES string of the molecule is O=C([C@H]1CCCO1)N1CCN(C(=S)Nc2ccccc2F)CC1. The van der Waals surface area contributed by atoms with Crippen molar-refractivity contribution in [1.29, 1.82) is 0 Å². The van der Waals surface area contributed by atoms with E-state index in [4.69, 9.17) is 17.0 Å². The maximum absolute atomic E-state index is 13.7. The van der Waals surface area contributed by atoms with Crippen molar-refractivity contribution in [3.8, 4) is 0 Å². The monoisotopic (exact) mass is 337 g/mol. The maximum atomic E-state index is 13.7. The fourth-order valence-electron chi connectivity index (χ4n) is 2.86. The summed E-state index contributed by atoms with van der Waals surface area (Å²) in [4.78, 5) is 16.1. The summed E-state index contributed by atoms with van der Waals surface area (Å²) in [7, 11) is 0. The van der Waals surface area contributed by atoms with Crippen LogP contribution in [0.3, 0.4) is 0 Å². The molecule has 0 spiro atoms. The van der Waals surface area contributed by atoms with Gasteiger partial charge in [0.2, 0.25) is 0 Å². The summed E-state index contributed by atoms with van der Waals surface area (Å²) in [6.07, 6.45) is 1.49. The van der Waals surface area contributed by atoms with Gasteiger partial charge in [0.05, 0.1) is 5.69 Å². The van der Waals surface area contributed by atoms with E-state index in [0.717, 1.165) is 12.8 Å². The number of para-hydroxylation sites is 1. The van der Waals surface area contributed by atoms with E-state index < -0.39 is 0 Å². The molecule has 0 bridgehead atoms. The number of amides is 1. The summed E-state index contributed by atoms with van der Waals surface area (Å²) in [5.74, 6) is -0.253. The summed E-state index contributed by atoms with van der Waals surface area (Å²) < 4.78 is 19.1. The Bertz CT molecular complexity index is 584. The van der Waals surface area contributed by atoms with E-state index in [9.17, 15) is 9.18 Å². The molecule has 2 heterocycles. The standard InChI is InChI=1S/C16H20FN3O2S/c17-12-4-1-2-5-13(12)18-16(23)20-9-7-19(8-10-20)15(21)14-6-3-11-22-14/h1-2,4-5,14H,3,6-11H2,(H,18,23)/t14-/m1/s1. The molecule has 1 atom stereocenters. The van der Waals surface area contributed by atoms with Gasteiger partial charge < -0.3 is 19.9 Å². The number of carbonyl (C=O) groups excluding carboxylic acids is 1. The number of nitrogens with zero attached hydrogens (tertiary/aromatic N) is 2. The highest BCUT2D eigenvalue weighted by Crippen LogP contribution is 2.17. The minimum absolute atomic E-state index is 0.0788. The molecule has 0 saturated carbocycles. The van der Waals surface area contributed by atoms with E-state index in [-0.39, 0.29) is 17.8 Å². The number of halogens is 1. The molecule has 2 saturated heterocycles. The van der Waals surface area contributed by atoms with Crippen molar-refractivity contribution in [2.75, 3.05) is 38.1 Å². The highest BCUT2D eigenvalue weighted by atomic mass is 32.1. The van der Waals surface area contributed by atoms with Crippen molar-refractivity contribution in [2.45, 2.75) is 18.9 Å². The summed E-state index contributed by atoms with van der Waals surface area (Å²) in [5.41, 5.74) is 0.371. The molecule has 2 aliphatic rings. The van der Waals surface area contributed by atoms with Crippen LogP contribution in [0.1, 0.15) is 12.8 Å². The molecule has 2 aliphatic heterocycles. The van der Waals surface area contributed by atoms with E-state index in [1.807, 2.05) is 9.80 Å². The van der Waals surface area contributed by atoms with E-state index in [1.54, 1.807) is 18.2 Å². The Hall–Kier alpha value is -1.73. The van der Waals surface area contributed by atoms with Crippen LogP contribution >= 0.6 is 12.2 Å². The molecule has 23 heavy (non-hydrogen) atoms. The lowest BCUT2D eigenvalue weighted by atomic mass is 10.2. The fraction of sp³-hybridized carbons (Fsp3) is 0.500. The lowest BCUT2D eigenvalue weighted by Crippen LogP contribution is -2.53. The molecular weight excluding hydrogens is 317 g/mol. The maximum Gasteiger partial charge on any atom is 0.251 e. The smallest absolute Gasteiger partial charge is 0.251 e. The van der Waals surface area contributed by atoms with Crippen molar-refractivity contribution >= 4 is 28.9 Å². The van der Waals surface area contributed by atoms with Crippen LogP contribution in [-0.4, -0.2) is 59.7 Å². The summed E-state index contributed by atoms with van der Waals surface area (Å²) in [6, 6.07) is 6.44. The molecule has 1 aromatic rings. The molecule has 3 rings (SSSR count). The van der Waals surface area contributed by atoms with Crippen LogP contribution in [0.5, 0.6) is 0 Å². The average Bonchev–Trinajstić information content (AvgIpc) is 3.11. The Kier molecular flexibility index (Phi) is 5.07. The van der Waals surface area contributed by atoms with Crippen LogP contribution < -0.4 is 5.32 Å². The van der Waals surface area contributed by atoms with Crippen LogP contribution in [0.4, 0.5) is 10.1 Å². The fourth-order valence-corrected chi connectivity index (χ4v) is 3.16. The zero-order valence-electron chi connectivity index (χ0n) is 12.8. The molecule has 7 heteroatoms. The molecule has 1 N–H and O–H groups in total. The molecule has 1 amide bonds. The van der Waals surface area contributed by atoms with E-state index in [2.05, 4.69) is 5.32 Å². The van der Waals surface area contributed by atoms with Crippen LogP contribution in [0.2, 0.25) is 0 Å². The Morgan fingerprint density at radius 1 is 1.22 bits per heavy atom. The third-order valence-corrected chi connectivity index (χ3v) is 4.56. The highest BCUT2D eigenvalue weighted by molar-refractivity contribution is 7.80. The normalized spacial score (nSPS) is 21.3. The minimum Gasteiger partial charge on any atom is -0.368 e. The number of rotatable bonds is 2. The second-order valence-corrected chi connectivity index (χ2v) is 6.11. The molecule has 124 valence electrons. The first-order valence-electron chi connectivity index (χ1n) is 7.86. The highest BCUT2D eigenvalue weighted by Gasteiger charge is 2.30. The van der Waals surface area contributed by atoms with E-state index in [1.165, 1.54) is 6.07 Å². The van der Waals surface area contributed by atoms with Gasteiger partial charge in [-0.2, -0.15) is 0 Å². The first-order chi connectivity index (χ1) is 11.1. The molecule has 1 aromatic carbocycles. The second-order valence-electron chi connectivity index (χ2n) is 5.72. The molecular formula is C16H20FN3O2S. The number of hydrogen-bond donors (Lipinski definition) is 1. The molecule has 2 fully saturated rings. The third-order valence-electron chi connectivity index (χ3n) is 4.20. The van der Waals surface area contributed by atoms with Gasteiger partial charge in [-0.3, -0.25) is 4.79 Å². The van der Waals surface area contributed by atoms with Gasteiger partial charge in [-0.05, 0) is 37.2 Å². The number of carbonyl (C=O) groups is 1. The Labute approximate surface area is 140 Å². The van der Waals surface area contributed by atoms with Gasteiger partial charge in [0, 0.05) is 32.8 Å². The predicted molar refractivity (Wildman–Crippen MR) is 89.7 cm³/mol. The Balaban J connectivity index is 1.51. The van der Waals surface area contributed by atoms with Gasteiger partial charge in [-0.25, -0.2) is 4.39 Å². The number of ether oxygens (including phenoxy) is 1. The third kappa shape index (κ3) is 3.79. The van der Waals surface area contributed by atoms with Gasteiger partial charge >= 0.3 is 0 Å². The number of piperazine rings is 1. The second kappa shape index (κ2) is 7.23. The number of thiocarbonyl (C=S) groups is 1. The minimum atomic E-state index is -0.331. The Morgan fingerprint density at radius 3 is 2.57 bits per heavy atom. The van der Waals surface area contributed by atoms with Crippen molar-refractivity contribution in [1.82, 2.24) is 9.80 Å². The van der Waals surface area contributed by atoms with Crippen molar-refractivity contribution in [3.05, 3.63) is 30.1 Å². The quantitative estimate of drug-likeness (QED) is 0.835. The van der Waals surface area contributed by atoms with Gasteiger partial charge in [-0.1, -0.05) is 12.1 Å². The first-order valence-corrected chi connectivity index (χ1v) is 8.27. The van der Waals surface area contributed by atoms with Crippen molar-refractivity contribution < 1.29 is 13.9 Å². The lowest BCUT2D eigenvalue weighted by Gasteiger charge is -2.37. The molecule has 5 nitrogen and oxygen atoms in total. The van der Waals surface area contributed by atoms with Crippen LogP contribution in [0.15, 0.2) is 24.3 Å². The van der Waals surface area contributed by atoms with Crippen LogP contribution in [-0.2, 0) is 9.53 Å². The molecule has 0 aromatic heterocycles. The largest absolute Gasteiger partial charge is 0.368 e. The van der Waals surface area contributed by atoms with E-state index in [0.29, 0.717) is 43.6 Å². The first kappa shape index (κ1) is 16.1. The Morgan fingerprint density at radius 2 is 1.91 bits per heavy atom. The van der Waals surface area contributed by atoms with Gasteiger partial charge in [0.1, 0.15) is 11.9 Å². The van der Waals surface area contributed by atoms with Gasteiger partial charge in [-0.15, -0.1) is 0 Å². The van der Waals surface area contributed by atoms with E-state index >= 15 is 0 Å². The summed E-state index contributed by atoms with van der Waals surface area (Å²) in [5, 5.41) is 3.42. The number of anilines is 1. The zero-order valence-corrected chi connectivity index (χ0v) is 13.7. The van der Waals surface area contributed by atoms with Gasteiger partial charge in [0.25, 0.3) is 5.91 Å². The zero-order chi connectivity index (χ0) is 16.2. The number of benzene rings is 1. The molecule has 0 aliphatic carbocycles. The molecule has 0 radical (unpaired) electrons. The van der Waals surface area contributed by atoms with Crippen molar-refractivity contribution in [2.24, 2.45) is 0 Å². The van der Waals surface area contributed by atoms with Crippen molar-refractivity contribution in [3.63, 3.8) is 0 Å². The van der Waals surface area contributed by atoms with Crippen LogP contribution in [0, 0.1) is 5.82 Å². The average molecular weight is 337 g/mol. The van der Waals surface area contributed by atoms with Crippen LogP contribution in [0.25, 0.3) is 0 Å². The van der Waals surface area contributed by atoms with Gasteiger partial charge in [0.15, 0.2) is 5.11 Å². The topological polar surface area (TPSA) is 44.8 Å².